The number of H-pyrrole nitrogens is 1. The number of anilines is 1. The van der Waals surface area contributed by atoms with Gasteiger partial charge in [0, 0.05) is 17.8 Å². The number of aryl methyl sites for hydroxylation is 1. The van der Waals surface area contributed by atoms with Crippen LogP contribution in [0, 0.1) is 6.92 Å². The number of nitrogens with one attached hydrogen (secondary N) is 2. The monoisotopic (exact) mass is 524 g/mol. The second-order valence-corrected chi connectivity index (χ2v) is 9.51. The molecule has 3 heterocycles. The lowest BCUT2D eigenvalue weighted by Gasteiger charge is -2.15. The van der Waals surface area contributed by atoms with Gasteiger partial charge >= 0.3 is 6.18 Å². The van der Waals surface area contributed by atoms with E-state index in [0.29, 0.717) is 22.7 Å². The third-order valence-corrected chi connectivity index (χ3v) is 6.73. The van der Waals surface area contributed by atoms with Crippen LogP contribution in [-0.2, 0) is 16.2 Å². The van der Waals surface area contributed by atoms with Crippen LogP contribution in [0.5, 0.6) is 5.75 Å². The Hall–Kier alpha value is -3.64. The van der Waals surface area contributed by atoms with Gasteiger partial charge in [-0.1, -0.05) is 11.6 Å². The summed E-state index contributed by atoms with van der Waals surface area (Å²) in [4.78, 5) is 24.0. The number of sulfonamides is 1. The van der Waals surface area contributed by atoms with Crippen molar-refractivity contribution in [1.29, 1.82) is 0 Å². The lowest BCUT2D eigenvalue weighted by atomic mass is 10.0. The molecule has 182 valence electrons. The molecular weight excluding hydrogens is 509 g/mol. The third-order valence-electron chi connectivity index (χ3n) is 5.04. The van der Waals surface area contributed by atoms with Gasteiger partial charge in [0.1, 0.15) is 17.1 Å². The number of carbonyl (C=O) groups is 1. The van der Waals surface area contributed by atoms with Gasteiger partial charge in [-0.05, 0) is 42.8 Å². The molecule has 35 heavy (non-hydrogen) atoms. The minimum Gasteiger partial charge on any atom is -0.494 e. The molecule has 0 radical (unpaired) electrons. The molecule has 13 heteroatoms. The average molecular weight is 525 g/mol. The summed E-state index contributed by atoms with van der Waals surface area (Å²) in [5, 5.41) is -0.233. The van der Waals surface area contributed by atoms with E-state index in [2.05, 4.69) is 19.7 Å². The maximum absolute atomic E-state index is 13.5. The smallest absolute Gasteiger partial charge is 0.417 e. The van der Waals surface area contributed by atoms with Gasteiger partial charge in [0.15, 0.2) is 0 Å². The number of ketones is 1. The van der Waals surface area contributed by atoms with Crippen molar-refractivity contribution < 1.29 is 31.1 Å². The fraction of sp³-hybridized carbons (Fsp3) is 0.136. The molecule has 0 spiro atoms. The van der Waals surface area contributed by atoms with Crippen LogP contribution >= 0.6 is 11.6 Å². The first kappa shape index (κ1) is 24.5. The van der Waals surface area contributed by atoms with Gasteiger partial charge in [0.05, 0.1) is 40.0 Å². The zero-order valence-corrected chi connectivity index (χ0v) is 19.6. The largest absolute Gasteiger partial charge is 0.494 e. The molecule has 1 aromatic carbocycles. The molecule has 0 aliphatic heterocycles. The van der Waals surface area contributed by atoms with Gasteiger partial charge in [0.25, 0.3) is 10.0 Å². The summed E-state index contributed by atoms with van der Waals surface area (Å²) in [5.74, 6) is -0.551. The van der Waals surface area contributed by atoms with Crippen molar-refractivity contribution in [2.45, 2.75) is 18.0 Å². The van der Waals surface area contributed by atoms with Crippen molar-refractivity contribution in [2.24, 2.45) is 0 Å². The summed E-state index contributed by atoms with van der Waals surface area (Å²) < 4.78 is 73.2. The number of hydrogen-bond donors (Lipinski definition) is 2. The number of alkyl halides is 3. The highest BCUT2D eigenvalue weighted by molar-refractivity contribution is 7.92. The van der Waals surface area contributed by atoms with Crippen LogP contribution in [-0.4, -0.2) is 36.3 Å². The molecule has 0 saturated carbocycles. The van der Waals surface area contributed by atoms with E-state index in [1.54, 1.807) is 19.2 Å². The third kappa shape index (κ3) is 4.66. The second-order valence-electron chi connectivity index (χ2n) is 7.42. The van der Waals surface area contributed by atoms with Gasteiger partial charge in [-0.3, -0.25) is 14.5 Å². The quantitative estimate of drug-likeness (QED) is 0.344. The Bertz CT molecular complexity index is 1570. The molecule has 0 saturated heterocycles. The number of fused-ring (bicyclic) bond motifs is 1. The zero-order valence-electron chi connectivity index (χ0n) is 18.1. The molecule has 0 fully saturated rings. The predicted molar refractivity (Wildman–Crippen MR) is 122 cm³/mol. The minimum absolute atomic E-state index is 0.0846. The summed E-state index contributed by atoms with van der Waals surface area (Å²) in [5.41, 5.74) is -0.834. The summed E-state index contributed by atoms with van der Waals surface area (Å²) in [6.45, 7) is 1.61. The van der Waals surface area contributed by atoms with Crippen molar-refractivity contribution in [1.82, 2.24) is 15.0 Å². The van der Waals surface area contributed by atoms with Crippen LogP contribution in [0.1, 0.15) is 27.2 Å². The minimum atomic E-state index is -4.87. The van der Waals surface area contributed by atoms with Crippen LogP contribution in [0.25, 0.3) is 11.0 Å². The summed E-state index contributed by atoms with van der Waals surface area (Å²) in [7, 11) is -3.22. The van der Waals surface area contributed by atoms with Crippen molar-refractivity contribution in [3.63, 3.8) is 0 Å². The number of carbonyl (C=O) groups excluding carboxylic acids is 1. The molecular formula is C22H16ClF3N4O4S. The number of hydrogen-bond acceptors (Lipinski definition) is 6. The Balaban J connectivity index is 1.81. The van der Waals surface area contributed by atoms with E-state index in [1.165, 1.54) is 25.6 Å². The van der Waals surface area contributed by atoms with Gasteiger partial charge in [0.2, 0.25) is 5.78 Å². The Kier molecular flexibility index (Phi) is 6.20. The first-order valence-corrected chi connectivity index (χ1v) is 11.7. The number of pyridine rings is 2. The van der Waals surface area contributed by atoms with E-state index in [-0.39, 0.29) is 22.7 Å². The number of rotatable bonds is 6. The summed E-state index contributed by atoms with van der Waals surface area (Å²) in [6.07, 6.45) is -0.610. The summed E-state index contributed by atoms with van der Waals surface area (Å²) in [6, 6.07) is 5.14. The predicted octanol–water partition coefficient (Wildman–Crippen LogP) is 4.98. The Morgan fingerprint density at radius 3 is 2.57 bits per heavy atom. The van der Waals surface area contributed by atoms with E-state index in [4.69, 9.17) is 16.3 Å². The fourth-order valence-electron chi connectivity index (χ4n) is 3.42. The van der Waals surface area contributed by atoms with Crippen molar-refractivity contribution >= 4 is 44.1 Å². The molecule has 0 unspecified atom stereocenters. The molecule has 2 N–H and O–H groups in total. The maximum Gasteiger partial charge on any atom is 0.417 e. The molecule has 0 atom stereocenters. The Morgan fingerprint density at radius 2 is 1.89 bits per heavy atom. The van der Waals surface area contributed by atoms with Gasteiger partial charge in [-0.2, -0.15) is 13.2 Å². The number of methoxy groups -OCH3 is 1. The van der Waals surface area contributed by atoms with E-state index in [9.17, 15) is 26.4 Å². The van der Waals surface area contributed by atoms with Crippen molar-refractivity contribution in [2.75, 3.05) is 11.8 Å². The van der Waals surface area contributed by atoms with Crippen LogP contribution in [0.4, 0.5) is 18.9 Å². The SMILES string of the molecule is COc1cnc2[nH]ccc2c1C(=O)c1ncc(C)cc1NS(=O)(=O)c1ccc(Cl)c(C(F)(F)F)c1. The van der Waals surface area contributed by atoms with Crippen LogP contribution in [0.15, 0.2) is 53.8 Å². The van der Waals surface area contributed by atoms with E-state index < -0.39 is 37.5 Å². The lowest BCUT2D eigenvalue weighted by molar-refractivity contribution is -0.137. The van der Waals surface area contributed by atoms with Crippen LogP contribution in [0.3, 0.4) is 0 Å². The Morgan fingerprint density at radius 1 is 1.14 bits per heavy atom. The molecule has 0 bridgehead atoms. The number of halogens is 4. The topological polar surface area (TPSA) is 114 Å². The molecule has 4 rings (SSSR count). The average Bonchev–Trinajstić information content (AvgIpc) is 3.26. The number of nitrogens with zero attached hydrogens (tertiary/aromatic N) is 2. The van der Waals surface area contributed by atoms with Crippen molar-refractivity contribution in [3.8, 4) is 5.75 Å². The highest BCUT2D eigenvalue weighted by Crippen LogP contribution is 2.36. The molecule has 0 aliphatic rings. The lowest BCUT2D eigenvalue weighted by Crippen LogP contribution is -2.18. The summed E-state index contributed by atoms with van der Waals surface area (Å²) >= 11 is 5.60. The highest BCUT2D eigenvalue weighted by atomic mass is 35.5. The van der Waals surface area contributed by atoms with E-state index in [0.717, 1.165) is 12.1 Å². The van der Waals surface area contributed by atoms with Gasteiger partial charge in [-0.15, -0.1) is 0 Å². The van der Waals surface area contributed by atoms with Crippen LogP contribution < -0.4 is 9.46 Å². The molecule has 4 aromatic rings. The number of aromatic nitrogens is 3. The van der Waals surface area contributed by atoms with Crippen molar-refractivity contribution in [3.05, 3.63) is 76.3 Å². The fourth-order valence-corrected chi connectivity index (χ4v) is 4.73. The zero-order chi connectivity index (χ0) is 25.5. The van der Waals surface area contributed by atoms with Gasteiger partial charge < -0.3 is 9.72 Å². The van der Waals surface area contributed by atoms with Crippen LogP contribution in [0.2, 0.25) is 5.02 Å². The first-order valence-electron chi connectivity index (χ1n) is 9.83. The van der Waals surface area contributed by atoms with E-state index in [1.807, 2.05) is 0 Å². The number of aromatic amines is 1. The first-order chi connectivity index (χ1) is 16.4. The second kappa shape index (κ2) is 8.86. The normalized spacial score (nSPS) is 12.1. The Labute approximate surface area is 202 Å². The highest BCUT2D eigenvalue weighted by Gasteiger charge is 2.35. The standard InChI is InChI=1S/C22H16ClF3N4O4S/c1-11-7-16(30-35(32,33)12-3-4-15(23)14(8-12)22(24,25)26)19(28-9-11)20(31)18-13-5-6-27-21(13)29-10-17(18)34-2/h3-10,30H,1-2H3,(H,27,29). The molecule has 0 amide bonds. The molecule has 8 nitrogen and oxygen atoms in total. The van der Waals surface area contributed by atoms with Gasteiger partial charge in [-0.25, -0.2) is 13.4 Å². The van der Waals surface area contributed by atoms with E-state index >= 15 is 0 Å². The molecule has 3 aromatic heterocycles. The number of benzene rings is 1. The maximum atomic E-state index is 13.5. The molecule has 0 aliphatic carbocycles. The number of ether oxygens (including phenoxy) is 1.